The van der Waals surface area contributed by atoms with E-state index in [1.807, 2.05) is 50.2 Å². The second-order valence-electron chi connectivity index (χ2n) is 6.18. The molecule has 2 heterocycles. The third-order valence-electron chi connectivity index (χ3n) is 3.91. The highest BCUT2D eigenvalue weighted by Gasteiger charge is 2.11. The lowest BCUT2D eigenvalue weighted by Gasteiger charge is -2.09. The Morgan fingerprint density at radius 1 is 1.22 bits per heavy atom. The van der Waals surface area contributed by atoms with E-state index >= 15 is 0 Å². The molecule has 0 saturated heterocycles. The fraction of sp³-hybridized carbons (Fsp3) is 0.250. The molecule has 1 amide bonds. The molecule has 0 radical (unpaired) electrons. The van der Waals surface area contributed by atoms with Crippen molar-refractivity contribution in [3.63, 3.8) is 0 Å². The molecule has 7 heteroatoms. The minimum Gasteiger partial charge on any atom is -0.494 e. The van der Waals surface area contributed by atoms with Crippen LogP contribution in [0.25, 0.3) is 5.82 Å². The summed E-state index contributed by atoms with van der Waals surface area (Å²) >= 11 is 6.00. The summed E-state index contributed by atoms with van der Waals surface area (Å²) in [6.07, 6.45) is 2.64. The van der Waals surface area contributed by atoms with Crippen molar-refractivity contribution >= 4 is 23.3 Å². The lowest BCUT2D eigenvalue weighted by Crippen LogP contribution is -2.16. The van der Waals surface area contributed by atoms with E-state index in [0.29, 0.717) is 36.1 Å². The first-order chi connectivity index (χ1) is 13.0. The van der Waals surface area contributed by atoms with Gasteiger partial charge >= 0.3 is 0 Å². The summed E-state index contributed by atoms with van der Waals surface area (Å²) in [5.74, 6) is 1.91. The molecule has 6 nitrogen and oxygen atoms in total. The molecule has 3 aromatic rings. The van der Waals surface area contributed by atoms with E-state index in [4.69, 9.17) is 16.3 Å². The van der Waals surface area contributed by atoms with Crippen molar-refractivity contribution in [2.24, 2.45) is 0 Å². The number of anilines is 1. The Balaban J connectivity index is 1.52. The van der Waals surface area contributed by atoms with Crippen LogP contribution < -0.4 is 10.1 Å². The van der Waals surface area contributed by atoms with Gasteiger partial charge in [-0.15, -0.1) is 0 Å². The van der Waals surface area contributed by atoms with Gasteiger partial charge in [0.25, 0.3) is 0 Å². The molecule has 3 rings (SSSR count). The number of ether oxygens (including phenoxy) is 1. The van der Waals surface area contributed by atoms with Crippen LogP contribution in [0, 0.1) is 13.8 Å². The van der Waals surface area contributed by atoms with E-state index in [1.165, 1.54) is 0 Å². The second kappa shape index (κ2) is 8.68. The first-order valence-corrected chi connectivity index (χ1v) is 9.07. The highest BCUT2D eigenvalue weighted by atomic mass is 35.5. The number of aromatic nitrogens is 3. The lowest BCUT2D eigenvalue weighted by atomic mass is 10.2. The zero-order valence-electron chi connectivity index (χ0n) is 15.3. The van der Waals surface area contributed by atoms with Crippen LogP contribution >= 0.6 is 11.6 Å². The number of nitrogens with zero attached hydrogens (tertiary/aromatic N) is 3. The minimum atomic E-state index is -0.0945. The van der Waals surface area contributed by atoms with Gasteiger partial charge in [-0.25, -0.2) is 4.98 Å². The molecule has 0 aliphatic carbocycles. The molecular weight excluding hydrogens is 364 g/mol. The van der Waals surface area contributed by atoms with Crippen LogP contribution in [0.1, 0.15) is 24.1 Å². The van der Waals surface area contributed by atoms with E-state index in [0.717, 1.165) is 17.0 Å². The quantitative estimate of drug-likeness (QED) is 0.615. The average Bonchev–Trinajstić information content (AvgIpc) is 3.02. The predicted molar refractivity (Wildman–Crippen MR) is 106 cm³/mol. The number of hydrogen-bond donors (Lipinski definition) is 1. The Bertz CT molecular complexity index is 925. The molecule has 2 aromatic heterocycles. The number of carbonyl (C=O) groups is 1. The largest absolute Gasteiger partial charge is 0.494 e. The topological polar surface area (TPSA) is 69.0 Å². The summed E-state index contributed by atoms with van der Waals surface area (Å²) < 4.78 is 7.30. The van der Waals surface area contributed by atoms with Crippen molar-refractivity contribution < 1.29 is 9.53 Å². The number of amides is 1. The van der Waals surface area contributed by atoms with Gasteiger partial charge < -0.3 is 10.1 Å². The summed E-state index contributed by atoms with van der Waals surface area (Å²) in [5.41, 5.74) is 1.77. The van der Waals surface area contributed by atoms with Crippen molar-refractivity contribution in [2.45, 2.75) is 26.7 Å². The Kier molecular flexibility index (Phi) is 6.08. The van der Waals surface area contributed by atoms with Crippen LogP contribution in [0.5, 0.6) is 5.75 Å². The third kappa shape index (κ3) is 5.08. The van der Waals surface area contributed by atoms with Gasteiger partial charge in [0.1, 0.15) is 11.6 Å². The van der Waals surface area contributed by atoms with Crippen LogP contribution in [-0.2, 0) is 4.79 Å². The molecule has 0 aliphatic heterocycles. The Hall–Kier alpha value is -2.86. The van der Waals surface area contributed by atoms with Gasteiger partial charge in [-0.1, -0.05) is 17.7 Å². The maximum Gasteiger partial charge on any atom is 0.225 e. The molecule has 0 aliphatic rings. The van der Waals surface area contributed by atoms with Crippen LogP contribution in [0.2, 0.25) is 5.02 Å². The summed E-state index contributed by atoms with van der Waals surface area (Å²) in [7, 11) is 0. The van der Waals surface area contributed by atoms with Crippen molar-refractivity contribution in [2.75, 3.05) is 11.9 Å². The van der Waals surface area contributed by atoms with E-state index < -0.39 is 0 Å². The summed E-state index contributed by atoms with van der Waals surface area (Å²) in [4.78, 5) is 16.5. The van der Waals surface area contributed by atoms with Crippen molar-refractivity contribution in [3.8, 4) is 11.6 Å². The standard InChI is InChI=1S/C20H21ClN4O2/c1-14-12-16(8-9-17(14)21)27-11-5-7-20(26)23-19-13-15(2)24-25(19)18-6-3-4-10-22-18/h3-4,6,8-10,12-13H,5,7,11H2,1-2H3,(H,23,26). The number of carbonyl (C=O) groups excluding carboxylic acids is 1. The van der Waals surface area contributed by atoms with Crippen LogP contribution in [-0.4, -0.2) is 27.3 Å². The highest BCUT2D eigenvalue weighted by Crippen LogP contribution is 2.21. The van der Waals surface area contributed by atoms with Gasteiger partial charge in [-0.3, -0.25) is 4.79 Å². The molecule has 0 bridgehead atoms. The number of aryl methyl sites for hydroxylation is 2. The number of nitrogens with one attached hydrogen (secondary N) is 1. The lowest BCUT2D eigenvalue weighted by molar-refractivity contribution is -0.116. The van der Waals surface area contributed by atoms with E-state index in [9.17, 15) is 4.79 Å². The number of halogens is 1. The SMILES string of the molecule is Cc1cc(NC(=O)CCCOc2ccc(Cl)c(C)c2)n(-c2ccccn2)n1. The summed E-state index contributed by atoms with van der Waals surface area (Å²) in [6.45, 7) is 4.25. The molecule has 0 spiro atoms. The normalized spacial score (nSPS) is 10.6. The Labute approximate surface area is 163 Å². The van der Waals surface area contributed by atoms with Gasteiger partial charge in [0.2, 0.25) is 5.91 Å². The van der Waals surface area contributed by atoms with Gasteiger partial charge in [-0.05, 0) is 56.2 Å². The fourth-order valence-corrected chi connectivity index (χ4v) is 2.69. The molecule has 1 aromatic carbocycles. The van der Waals surface area contributed by atoms with Gasteiger partial charge in [0, 0.05) is 23.7 Å². The monoisotopic (exact) mass is 384 g/mol. The van der Waals surface area contributed by atoms with E-state index in [2.05, 4.69) is 15.4 Å². The summed E-state index contributed by atoms with van der Waals surface area (Å²) in [6, 6.07) is 12.9. The molecule has 27 heavy (non-hydrogen) atoms. The second-order valence-corrected chi connectivity index (χ2v) is 6.59. The van der Waals surface area contributed by atoms with E-state index in [1.54, 1.807) is 16.9 Å². The van der Waals surface area contributed by atoms with E-state index in [-0.39, 0.29) is 5.91 Å². The number of hydrogen-bond acceptors (Lipinski definition) is 4. The smallest absolute Gasteiger partial charge is 0.225 e. The molecule has 0 unspecified atom stereocenters. The van der Waals surface area contributed by atoms with Crippen molar-refractivity contribution in [1.29, 1.82) is 0 Å². The molecule has 0 fully saturated rings. The van der Waals surface area contributed by atoms with Gasteiger partial charge in [0.15, 0.2) is 5.82 Å². The first kappa shape index (κ1) is 18.9. The van der Waals surface area contributed by atoms with Gasteiger partial charge in [0.05, 0.1) is 12.3 Å². The Morgan fingerprint density at radius 3 is 2.81 bits per heavy atom. The number of rotatable bonds is 7. The highest BCUT2D eigenvalue weighted by molar-refractivity contribution is 6.31. The molecule has 0 atom stereocenters. The first-order valence-electron chi connectivity index (χ1n) is 8.70. The van der Waals surface area contributed by atoms with Crippen LogP contribution in [0.3, 0.4) is 0 Å². The third-order valence-corrected chi connectivity index (χ3v) is 4.34. The number of pyridine rings is 1. The average molecular weight is 385 g/mol. The van der Waals surface area contributed by atoms with Crippen LogP contribution in [0.15, 0.2) is 48.7 Å². The zero-order chi connectivity index (χ0) is 19.2. The Morgan fingerprint density at radius 2 is 2.07 bits per heavy atom. The predicted octanol–water partition coefficient (Wildman–Crippen LogP) is 4.34. The maximum absolute atomic E-state index is 12.3. The van der Waals surface area contributed by atoms with Crippen molar-refractivity contribution in [1.82, 2.24) is 14.8 Å². The molecule has 1 N–H and O–H groups in total. The maximum atomic E-state index is 12.3. The molecule has 0 saturated carbocycles. The van der Waals surface area contributed by atoms with Gasteiger partial charge in [-0.2, -0.15) is 9.78 Å². The number of benzene rings is 1. The minimum absolute atomic E-state index is 0.0945. The molecule has 140 valence electrons. The zero-order valence-corrected chi connectivity index (χ0v) is 16.0. The van der Waals surface area contributed by atoms with Crippen LogP contribution in [0.4, 0.5) is 5.82 Å². The fourth-order valence-electron chi connectivity index (χ4n) is 2.58. The van der Waals surface area contributed by atoms with Crippen molar-refractivity contribution in [3.05, 3.63) is 64.9 Å². The molecular formula is C20H21ClN4O2. The summed E-state index contributed by atoms with van der Waals surface area (Å²) in [5, 5.41) is 7.99.